The van der Waals surface area contributed by atoms with Gasteiger partial charge in [0.05, 0.1) is 12.7 Å². The van der Waals surface area contributed by atoms with Crippen molar-refractivity contribution >= 4 is 5.97 Å². The predicted molar refractivity (Wildman–Crippen MR) is 56.1 cm³/mol. The third-order valence-corrected chi connectivity index (χ3v) is 3.05. The van der Waals surface area contributed by atoms with E-state index in [1.807, 2.05) is 0 Å². The third-order valence-electron chi connectivity index (χ3n) is 3.05. The average Bonchev–Trinajstić information content (AvgIpc) is 2.82. The van der Waals surface area contributed by atoms with E-state index in [9.17, 15) is 4.79 Å². The van der Waals surface area contributed by atoms with Crippen LogP contribution in [0, 0.1) is 0 Å². The van der Waals surface area contributed by atoms with Crippen LogP contribution in [-0.4, -0.2) is 54.0 Å². The van der Waals surface area contributed by atoms with Crippen LogP contribution in [0.2, 0.25) is 0 Å². The Hall–Kier alpha value is -0.690. The van der Waals surface area contributed by atoms with Gasteiger partial charge in [0.1, 0.15) is 6.10 Å². The molecule has 0 aromatic rings. The zero-order chi connectivity index (χ0) is 12.3. The molecule has 2 heterocycles. The smallest absolute Gasteiger partial charge is 0.306 e. The van der Waals surface area contributed by atoms with Crippen LogP contribution in [0.1, 0.15) is 25.7 Å². The van der Waals surface area contributed by atoms with Crippen LogP contribution in [0.5, 0.6) is 0 Å². The summed E-state index contributed by atoms with van der Waals surface area (Å²) in [7, 11) is 0. The fourth-order valence-electron chi connectivity index (χ4n) is 2.19. The first kappa shape index (κ1) is 12.8. The fraction of sp³-hybridized carbons (Fsp3) is 0.909. The van der Waals surface area contributed by atoms with E-state index in [2.05, 4.69) is 0 Å². The van der Waals surface area contributed by atoms with E-state index in [1.165, 1.54) is 0 Å². The molecule has 0 unspecified atom stereocenters. The summed E-state index contributed by atoms with van der Waals surface area (Å²) in [5.74, 6) is -0.338. The zero-order valence-corrected chi connectivity index (χ0v) is 9.58. The van der Waals surface area contributed by atoms with Crippen molar-refractivity contribution in [3.05, 3.63) is 0 Å². The molecular weight excluding hydrogens is 228 g/mol. The van der Waals surface area contributed by atoms with E-state index < -0.39 is 6.29 Å². The van der Waals surface area contributed by atoms with Gasteiger partial charge in [0.2, 0.25) is 0 Å². The van der Waals surface area contributed by atoms with Crippen LogP contribution in [0.4, 0.5) is 0 Å². The van der Waals surface area contributed by atoms with Crippen LogP contribution < -0.4 is 0 Å². The average molecular weight is 246 g/mol. The highest BCUT2D eigenvalue weighted by Crippen LogP contribution is 2.28. The normalized spacial score (nSPS) is 31.8. The molecular formula is C11H18O6. The molecule has 6 heteroatoms. The maximum atomic E-state index is 11.5. The van der Waals surface area contributed by atoms with E-state index in [0.29, 0.717) is 19.6 Å². The van der Waals surface area contributed by atoms with Crippen LogP contribution >= 0.6 is 0 Å². The Morgan fingerprint density at radius 2 is 2.24 bits per heavy atom. The van der Waals surface area contributed by atoms with Crippen molar-refractivity contribution in [2.45, 2.75) is 50.3 Å². The quantitative estimate of drug-likeness (QED) is 0.505. The van der Waals surface area contributed by atoms with Crippen molar-refractivity contribution in [3.63, 3.8) is 0 Å². The number of aliphatic hydroxyl groups excluding tert-OH is 1. The Labute approximate surface area is 99.5 Å². The maximum Gasteiger partial charge on any atom is 0.306 e. The van der Waals surface area contributed by atoms with Crippen LogP contribution in [-0.2, 0) is 19.0 Å². The summed E-state index contributed by atoms with van der Waals surface area (Å²) in [5, 5.41) is 17.3. The van der Waals surface area contributed by atoms with E-state index in [1.54, 1.807) is 0 Å². The van der Waals surface area contributed by atoms with Crippen molar-refractivity contribution in [1.82, 2.24) is 0 Å². The standard InChI is InChI=1S/C11H18O6/c12-9(13)2-1-3-10(14)17-8-6-16-7-4-5-15-11(7)8/h7-9,11-13H,1-6H2/t7-,8-,11+/m1/s1. The van der Waals surface area contributed by atoms with Gasteiger partial charge in [0, 0.05) is 13.0 Å². The monoisotopic (exact) mass is 246 g/mol. The number of fused-ring (bicyclic) bond motifs is 1. The molecule has 2 aliphatic rings. The van der Waals surface area contributed by atoms with E-state index in [-0.39, 0.29) is 37.1 Å². The summed E-state index contributed by atoms with van der Waals surface area (Å²) < 4.78 is 16.2. The minimum Gasteiger partial charge on any atom is -0.457 e. The highest BCUT2D eigenvalue weighted by Gasteiger charge is 2.43. The van der Waals surface area contributed by atoms with Gasteiger partial charge in [-0.05, 0) is 19.3 Å². The largest absolute Gasteiger partial charge is 0.457 e. The van der Waals surface area contributed by atoms with Crippen molar-refractivity contribution in [2.75, 3.05) is 13.2 Å². The number of ether oxygens (including phenoxy) is 3. The Balaban J connectivity index is 1.68. The SMILES string of the molecule is O=C(CCCC(O)O)O[C@@H]1CO[C@@H]2CCO[C@@H]21. The van der Waals surface area contributed by atoms with E-state index in [0.717, 1.165) is 6.42 Å². The number of carbonyl (C=O) groups excluding carboxylic acids is 1. The molecule has 2 rings (SSSR count). The van der Waals surface area contributed by atoms with Crippen molar-refractivity contribution in [2.24, 2.45) is 0 Å². The van der Waals surface area contributed by atoms with Gasteiger partial charge in [-0.15, -0.1) is 0 Å². The molecule has 2 N–H and O–H groups in total. The second-order valence-corrected chi connectivity index (χ2v) is 4.40. The predicted octanol–water partition coefficient (Wildman–Crippen LogP) is -0.433. The molecule has 3 atom stereocenters. The van der Waals surface area contributed by atoms with Crippen LogP contribution in [0.3, 0.4) is 0 Å². The van der Waals surface area contributed by atoms with E-state index >= 15 is 0 Å². The third kappa shape index (κ3) is 3.38. The minimum atomic E-state index is -1.36. The summed E-state index contributed by atoms with van der Waals surface area (Å²) in [4.78, 5) is 11.5. The first-order chi connectivity index (χ1) is 8.16. The first-order valence-electron chi connectivity index (χ1n) is 5.95. The molecule has 0 bridgehead atoms. The van der Waals surface area contributed by atoms with Crippen molar-refractivity contribution in [3.8, 4) is 0 Å². The summed E-state index contributed by atoms with van der Waals surface area (Å²) in [6.45, 7) is 1.05. The summed E-state index contributed by atoms with van der Waals surface area (Å²) in [6, 6.07) is 0. The zero-order valence-electron chi connectivity index (χ0n) is 9.58. The highest BCUT2D eigenvalue weighted by molar-refractivity contribution is 5.69. The van der Waals surface area contributed by atoms with Gasteiger partial charge >= 0.3 is 5.97 Å². The van der Waals surface area contributed by atoms with Gasteiger partial charge < -0.3 is 24.4 Å². The fourth-order valence-corrected chi connectivity index (χ4v) is 2.19. The van der Waals surface area contributed by atoms with Gasteiger partial charge in [-0.3, -0.25) is 4.79 Å². The van der Waals surface area contributed by atoms with Gasteiger partial charge in [0.15, 0.2) is 12.4 Å². The molecule has 2 aliphatic heterocycles. The Morgan fingerprint density at radius 1 is 1.41 bits per heavy atom. The summed E-state index contributed by atoms with van der Waals surface area (Å²) >= 11 is 0. The van der Waals surface area contributed by atoms with Gasteiger partial charge in [-0.1, -0.05) is 0 Å². The lowest BCUT2D eigenvalue weighted by Crippen LogP contribution is -2.32. The molecule has 0 aliphatic carbocycles. The minimum absolute atomic E-state index is 0.0621. The number of esters is 1. The molecule has 2 fully saturated rings. The lowest BCUT2D eigenvalue weighted by Gasteiger charge is -2.16. The van der Waals surface area contributed by atoms with Gasteiger partial charge in [0.25, 0.3) is 0 Å². The summed E-state index contributed by atoms with van der Waals surface area (Å²) in [6.07, 6.45) is -0.109. The molecule has 0 aromatic heterocycles. The van der Waals surface area contributed by atoms with Crippen molar-refractivity contribution in [1.29, 1.82) is 0 Å². The number of carbonyl (C=O) groups is 1. The second kappa shape index (κ2) is 5.77. The second-order valence-electron chi connectivity index (χ2n) is 4.40. The molecule has 2 saturated heterocycles. The molecule has 0 radical (unpaired) electrons. The molecule has 0 saturated carbocycles. The Morgan fingerprint density at radius 3 is 3.00 bits per heavy atom. The number of hydrogen-bond donors (Lipinski definition) is 2. The summed E-state index contributed by atoms with van der Waals surface area (Å²) in [5.41, 5.74) is 0. The van der Waals surface area contributed by atoms with Crippen LogP contribution in [0.15, 0.2) is 0 Å². The van der Waals surface area contributed by atoms with Crippen LogP contribution in [0.25, 0.3) is 0 Å². The van der Waals surface area contributed by atoms with Crippen molar-refractivity contribution < 1.29 is 29.2 Å². The number of rotatable bonds is 5. The maximum absolute atomic E-state index is 11.5. The molecule has 0 aromatic carbocycles. The molecule has 98 valence electrons. The number of aliphatic hydroxyl groups is 2. The van der Waals surface area contributed by atoms with E-state index in [4.69, 9.17) is 24.4 Å². The Kier molecular flexibility index (Phi) is 4.33. The lowest BCUT2D eigenvalue weighted by atomic mass is 10.1. The number of hydrogen-bond acceptors (Lipinski definition) is 6. The van der Waals surface area contributed by atoms with Gasteiger partial charge in [-0.25, -0.2) is 0 Å². The molecule has 0 spiro atoms. The van der Waals surface area contributed by atoms with Gasteiger partial charge in [-0.2, -0.15) is 0 Å². The highest BCUT2D eigenvalue weighted by atomic mass is 16.6. The lowest BCUT2D eigenvalue weighted by molar-refractivity contribution is -0.154. The first-order valence-corrected chi connectivity index (χ1v) is 5.95. The molecule has 17 heavy (non-hydrogen) atoms. The Bertz CT molecular complexity index is 267. The molecule has 0 amide bonds. The topological polar surface area (TPSA) is 85.2 Å². The molecule has 6 nitrogen and oxygen atoms in total.